The fourth-order valence-corrected chi connectivity index (χ4v) is 4.38. The number of carbonyl (C=O) groups excluding carboxylic acids is 2. The van der Waals surface area contributed by atoms with Crippen LogP contribution in [-0.4, -0.2) is 71.8 Å². The summed E-state index contributed by atoms with van der Waals surface area (Å²) in [5, 5.41) is 7.52. The number of hydrogen-bond acceptors (Lipinski definition) is 7. The zero-order chi connectivity index (χ0) is 25.9. The molecule has 0 spiro atoms. The summed E-state index contributed by atoms with van der Waals surface area (Å²) in [5.41, 5.74) is 3.02. The van der Waals surface area contributed by atoms with Crippen LogP contribution in [0.4, 0.5) is 5.69 Å². The minimum absolute atomic E-state index is 0.166. The maximum Gasteiger partial charge on any atom is 0.276 e. The number of nitrogens with one attached hydrogen (secondary N) is 1. The molecule has 0 saturated carbocycles. The van der Waals surface area contributed by atoms with E-state index >= 15 is 0 Å². The average molecular weight is 522 g/mol. The van der Waals surface area contributed by atoms with Crippen LogP contribution in [0.1, 0.15) is 20.8 Å². The first-order valence-electron chi connectivity index (χ1n) is 11.5. The molecule has 2 aromatic heterocycles. The third-order valence-electron chi connectivity index (χ3n) is 6.03. The van der Waals surface area contributed by atoms with Crippen LogP contribution in [0.2, 0.25) is 5.02 Å². The summed E-state index contributed by atoms with van der Waals surface area (Å²) < 4.78 is 17.6. The molecule has 2 amide bonds. The smallest absolute Gasteiger partial charge is 0.276 e. The molecule has 0 unspecified atom stereocenters. The molecule has 11 heteroatoms. The number of fused-ring (bicyclic) bond motifs is 1. The molecule has 3 heterocycles. The van der Waals surface area contributed by atoms with Gasteiger partial charge in [-0.2, -0.15) is 5.10 Å². The molecular weight excluding hydrogens is 498 g/mol. The van der Waals surface area contributed by atoms with Crippen molar-refractivity contribution in [3.63, 3.8) is 0 Å². The van der Waals surface area contributed by atoms with Gasteiger partial charge in [0, 0.05) is 36.6 Å². The van der Waals surface area contributed by atoms with E-state index in [0.29, 0.717) is 54.7 Å². The summed E-state index contributed by atoms with van der Waals surface area (Å²) >= 11 is 6.39. The molecule has 1 N–H and O–H groups in total. The quantitative estimate of drug-likeness (QED) is 0.411. The lowest BCUT2D eigenvalue weighted by molar-refractivity contribution is 0.0303. The minimum Gasteiger partial charge on any atom is -0.493 e. The largest absolute Gasteiger partial charge is 0.493 e. The highest BCUT2D eigenvalue weighted by Gasteiger charge is 2.21. The lowest BCUT2D eigenvalue weighted by atomic mass is 10.1. The van der Waals surface area contributed by atoms with Gasteiger partial charge >= 0.3 is 0 Å². The first-order valence-corrected chi connectivity index (χ1v) is 11.9. The minimum atomic E-state index is -0.438. The lowest BCUT2D eigenvalue weighted by Crippen LogP contribution is -2.40. The van der Waals surface area contributed by atoms with E-state index in [9.17, 15) is 9.59 Å². The molecule has 0 radical (unpaired) electrons. The average Bonchev–Trinajstić information content (AvgIpc) is 3.38. The Bertz CT molecular complexity index is 1480. The molecular formula is C26H24ClN5O5. The number of anilines is 1. The van der Waals surface area contributed by atoms with Crippen molar-refractivity contribution in [3.8, 4) is 22.8 Å². The second-order valence-electron chi connectivity index (χ2n) is 8.25. The summed E-state index contributed by atoms with van der Waals surface area (Å²) in [4.78, 5) is 31.8. The molecule has 4 aromatic rings. The van der Waals surface area contributed by atoms with Crippen LogP contribution < -0.4 is 14.8 Å². The maximum atomic E-state index is 13.0. The van der Waals surface area contributed by atoms with Gasteiger partial charge in [-0.15, -0.1) is 0 Å². The number of ether oxygens (including phenoxy) is 3. The second-order valence-corrected chi connectivity index (χ2v) is 8.66. The predicted molar refractivity (Wildman–Crippen MR) is 138 cm³/mol. The van der Waals surface area contributed by atoms with Crippen molar-refractivity contribution in [2.75, 3.05) is 45.8 Å². The highest BCUT2D eigenvalue weighted by Crippen LogP contribution is 2.32. The Morgan fingerprint density at radius 3 is 2.51 bits per heavy atom. The van der Waals surface area contributed by atoms with Gasteiger partial charge < -0.3 is 24.4 Å². The summed E-state index contributed by atoms with van der Waals surface area (Å²) in [7, 11) is 3.14. The topological polar surface area (TPSA) is 107 Å². The number of methoxy groups -OCH3 is 2. The summed E-state index contributed by atoms with van der Waals surface area (Å²) in [6.07, 6.45) is 1.65. The van der Waals surface area contributed by atoms with Crippen molar-refractivity contribution in [2.24, 2.45) is 0 Å². The van der Waals surface area contributed by atoms with E-state index in [4.69, 9.17) is 25.8 Å². The van der Waals surface area contributed by atoms with Gasteiger partial charge in [0.1, 0.15) is 0 Å². The zero-order valence-corrected chi connectivity index (χ0v) is 21.0. The standard InChI is InChI=1S/C26H24ClN5O5/c1-35-22-6-3-16(13-23(22)36-2)21-7-8-28-24-15-20(30-32(21)24)25(33)29-17-4-5-18(19(27)14-17)26(34)31-9-11-37-12-10-31/h3-8,13-15H,9-12H2,1-2H3,(H,29,33). The van der Waals surface area contributed by atoms with Crippen molar-refractivity contribution < 1.29 is 23.8 Å². The SMILES string of the molecule is COc1ccc(-c2ccnc3cc(C(=O)Nc4ccc(C(=O)N5CCOCC5)c(Cl)c4)nn23)cc1OC. The van der Waals surface area contributed by atoms with Crippen LogP contribution in [0.3, 0.4) is 0 Å². The van der Waals surface area contributed by atoms with Gasteiger partial charge in [-0.05, 0) is 42.5 Å². The Kier molecular flexibility index (Phi) is 6.93. The zero-order valence-electron chi connectivity index (χ0n) is 20.2. The predicted octanol–water partition coefficient (Wildman–Crippen LogP) is 3.79. The van der Waals surface area contributed by atoms with Crippen molar-refractivity contribution in [1.82, 2.24) is 19.5 Å². The molecule has 10 nitrogen and oxygen atoms in total. The van der Waals surface area contributed by atoms with E-state index in [1.54, 1.807) is 66.2 Å². The molecule has 1 aliphatic rings. The number of morpholine rings is 1. The number of benzene rings is 2. The van der Waals surface area contributed by atoms with Crippen LogP contribution in [0.5, 0.6) is 11.5 Å². The molecule has 1 fully saturated rings. The van der Waals surface area contributed by atoms with Crippen LogP contribution in [0.25, 0.3) is 16.9 Å². The number of hydrogen-bond donors (Lipinski definition) is 1. The van der Waals surface area contributed by atoms with Gasteiger partial charge in [0.05, 0.1) is 43.7 Å². The highest BCUT2D eigenvalue weighted by atomic mass is 35.5. The highest BCUT2D eigenvalue weighted by molar-refractivity contribution is 6.34. The van der Waals surface area contributed by atoms with Crippen LogP contribution in [-0.2, 0) is 4.74 Å². The summed E-state index contributed by atoms with van der Waals surface area (Å²) in [5.74, 6) is 0.572. The molecule has 2 aromatic carbocycles. The van der Waals surface area contributed by atoms with E-state index in [-0.39, 0.29) is 16.6 Å². The number of carbonyl (C=O) groups is 2. The Morgan fingerprint density at radius 2 is 1.78 bits per heavy atom. The van der Waals surface area contributed by atoms with E-state index in [2.05, 4.69) is 15.4 Å². The normalized spacial score (nSPS) is 13.4. The second kappa shape index (κ2) is 10.5. The van der Waals surface area contributed by atoms with Crippen molar-refractivity contribution in [2.45, 2.75) is 0 Å². The lowest BCUT2D eigenvalue weighted by Gasteiger charge is -2.27. The summed E-state index contributed by atoms with van der Waals surface area (Å²) in [6, 6.07) is 13.7. The number of amides is 2. The van der Waals surface area contributed by atoms with Crippen LogP contribution in [0.15, 0.2) is 54.7 Å². The Hall–Kier alpha value is -4.15. The Balaban J connectivity index is 1.38. The third kappa shape index (κ3) is 4.93. The van der Waals surface area contributed by atoms with Gasteiger partial charge in [0.25, 0.3) is 11.8 Å². The van der Waals surface area contributed by atoms with E-state index < -0.39 is 5.91 Å². The van der Waals surface area contributed by atoms with E-state index in [0.717, 1.165) is 11.3 Å². The fraction of sp³-hybridized carbons (Fsp3) is 0.231. The van der Waals surface area contributed by atoms with Gasteiger partial charge in [0.15, 0.2) is 22.8 Å². The van der Waals surface area contributed by atoms with Crippen LogP contribution in [0, 0.1) is 0 Å². The number of nitrogens with zero attached hydrogens (tertiary/aromatic N) is 4. The first kappa shape index (κ1) is 24.5. The van der Waals surface area contributed by atoms with Gasteiger partial charge in [-0.3, -0.25) is 9.59 Å². The van der Waals surface area contributed by atoms with Gasteiger partial charge in [0.2, 0.25) is 0 Å². The Morgan fingerprint density at radius 1 is 1.00 bits per heavy atom. The molecule has 1 aliphatic heterocycles. The molecule has 190 valence electrons. The summed E-state index contributed by atoms with van der Waals surface area (Å²) in [6.45, 7) is 2.03. The van der Waals surface area contributed by atoms with E-state index in [1.165, 1.54) is 0 Å². The molecule has 0 bridgehead atoms. The number of aromatic nitrogens is 3. The molecule has 5 rings (SSSR count). The third-order valence-corrected chi connectivity index (χ3v) is 6.34. The Labute approximate surface area is 217 Å². The molecule has 1 saturated heterocycles. The number of rotatable bonds is 6. The van der Waals surface area contributed by atoms with Crippen molar-refractivity contribution in [3.05, 3.63) is 71.0 Å². The van der Waals surface area contributed by atoms with Gasteiger partial charge in [-0.1, -0.05) is 11.6 Å². The maximum absolute atomic E-state index is 13.0. The first-order chi connectivity index (χ1) is 18.0. The van der Waals surface area contributed by atoms with Gasteiger partial charge in [-0.25, -0.2) is 9.50 Å². The number of halogens is 1. The molecule has 0 atom stereocenters. The monoisotopic (exact) mass is 521 g/mol. The van der Waals surface area contributed by atoms with Crippen LogP contribution >= 0.6 is 11.6 Å². The molecule has 0 aliphatic carbocycles. The fourth-order valence-electron chi connectivity index (χ4n) is 4.12. The van der Waals surface area contributed by atoms with Crippen molar-refractivity contribution >= 4 is 34.7 Å². The van der Waals surface area contributed by atoms with E-state index in [1.807, 2.05) is 12.1 Å². The van der Waals surface area contributed by atoms with Crippen molar-refractivity contribution in [1.29, 1.82) is 0 Å². The molecule has 37 heavy (non-hydrogen) atoms.